The van der Waals surface area contributed by atoms with Crippen molar-refractivity contribution in [1.29, 1.82) is 0 Å². The minimum atomic E-state index is -0.200. The Morgan fingerprint density at radius 3 is 2.75 bits per heavy atom. The van der Waals surface area contributed by atoms with E-state index in [1.54, 1.807) is 0 Å². The zero-order valence-corrected chi connectivity index (χ0v) is 7.51. The maximum absolute atomic E-state index is 11.0. The first-order chi connectivity index (χ1) is 5.75. The largest absolute Gasteiger partial charge is 0.302 e. The van der Waals surface area contributed by atoms with Crippen LogP contribution in [0.1, 0.15) is 32.1 Å². The Bertz CT molecular complexity index is 205. The summed E-state index contributed by atoms with van der Waals surface area (Å²) in [5, 5.41) is 0. The van der Waals surface area contributed by atoms with Gasteiger partial charge in [0, 0.05) is 5.41 Å². The first-order valence-corrected chi connectivity index (χ1v) is 4.51. The summed E-state index contributed by atoms with van der Waals surface area (Å²) in [6.07, 6.45) is 7.91. The standard InChI is InChI=1S/C11H16O/c1-3-4-7-11(9-12)8-5-6-10(11)2/h3,9H,1-2,4-8H2/t11-/m1/s1. The fourth-order valence-electron chi connectivity index (χ4n) is 1.91. The van der Waals surface area contributed by atoms with Gasteiger partial charge in [-0.2, -0.15) is 0 Å². The minimum Gasteiger partial charge on any atom is -0.302 e. The third-order valence-electron chi connectivity index (χ3n) is 2.83. The lowest BCUT2D eigenvalue weighted by molar-refractivity contribution is -0.114. The van der Waals surface area contributed by atoms with Crippen LogP contribution in [-0.4, -0.2) is 6.29 Å². The predicted octanol–water partition coefficient (Wildman–Crippen LogP) is 2.88. The van der Waals surface area contributed by atoms with Crippen LogP contribution < -0.4 is 0 Å². The van der Waals surface area contributed by atoms with E-state index in [2.05, 4.69) is 13.2 Å². The van der Waals surface area contributed by atoms with Crippen LogP contribution in [0.5, 0.6) is 0 Å². The van der Waals surface area contributed by atoms with Crippen LogP contribution in [0.3, 0.4) is 0 Å². The molecular weight excluding hydrogens is 148 g/mol. The zero-order valence-electron chi connectivity index (χ0n) is 7.51. The Morgan fingerprint density at radius 1 is 1.58 bits per heavy atom. The quantitative estimate of drug-likeness (QED) is 0.461. The molecule has 1 rings (SSSR count). The van der Waals surface area contributed by atoms with Crippen molar-refractivity contribution >= 4 is 6.29 Å². The van der Waals surface area contributed by atoms with Crippen LogP contribution in [0.25, 0.3) is 0 Å². The molecule has 0 aliphatic heterocycles. The highest BCUT2D eigenvalue weighted by molar-refractivity contribution is 5.65. The van der Waals surface area contributed by atoms with Crippen LogP contribution in [-0.2, 0) is 4.79 Å². The minimum absolute atomic E-state index is 0.200. The summed E-state index contributed by atoms with van der Waals surface area (Å²) in [6, 6.07) is 0. The molecule has 1 atom stereocenters. The van der Waals surface area contributed by atoms with E-state index in [0.29, 0.717) is 0 Å². The van der Waals surface area contributed by atoms with Crippen LogP contribution in [0.4, 0.5) is 0 Å². The van der Waals surface area contributed by atoms with E-state index in [-0.39, 0.29) is 5.41 Å². The van der Waals surface area contributed by atoms with E-state index in [9.17, 15) is 4.79 Å². The molecule has 0 aromatic rings. The summed E-state index contributed by atoms with van der Waals surface area (Å²) in [7, 11) is 0. The van der Waals surface area contributed by atoms with Crippen molar-refractivity contribution in [3.8, 4) is 0 Å². The van der Waals surface area contributed by atoms with E-state index < -0.39 is 0 Å². The second kappa shape index (κ2) is 3.70. The van der Waals surface area contributed by atoms with Crippen molar-refractivity contribution in [2.24, 2.45) is 5.41 Å². The lowest BCUT2D eigenvalue weighted by Gasteiger charge is -2.22. The van der Waals surface area contributed by atoms with E-state index >= 15 is 0 Å². The number of rotatable bonds is 4. The van der Waals surface area contributed by atoms with Gasteiger partial charge in [-0.15, -0.1) is 6.58 Å². The number of carbonyl (C=O) groups is 1. The number of allylic oxidation sites excluding steroid dienone is 2. The maximum atomic E-state index is 11.0. The van der Waals surface area contributed by atoms with Gasteiger partial charge in [-0.25, -0.2) is 0 Å². The second-order valence-electron chi connectivity index (χ2n) is 3.56. The van der Waals surface area contributed by atoms with Crippen molar-refractivity contribution in [3.05, 3.63) is 24.8 Å². The molecule has 0 unspecified atom stereocenters. The van der Waals surface area contributed by atoms with Crippen molar-refractivity contribution < 1.29 is 4.79 Å². The Hall–Kier alpha value is -0.850. The summed E-state index contributed by atoms with van der Waals surface area (Å²) >= 11 is 0. The Balaban J connectivity index is 2.67. The lowest BCUT2D eigenvalue weighted by atomic mass is 9.80. The molecule has 0 saturated heterocycles. The highest BCUT2D eigenvalue weighted by Crippen LogP contribution is 2.43. The molecule has 0 radical (unpaired) electrons. The van der Waals surface area contributed by atoms with E-state index in [1.807, 2.05) is 6.08 Å². The van der Waals surface area contributed by atoms with Gasteiger partial charge in [0.25, 0.3) is 0 Å². The molecule has 1 aliphatic carbocycles. The number of hydrogen-bond donors (Lipinski definition) is 0. The van der Waals surface area contributed by atoms with Gasteiger partial charge in [-0.05, 0) is 32.1 Å². The van der Waals surface area contributed by atoms with Gasteiger partial charge in [0.1, 0.15) is 6.29 Å². The fraction of sp³-hybridized carbons (Fsp3) is 0.545. The third-order valence-corrected chi connectivity index (χ3v) is 2.83. The molecular formula is C11H16O. The fourth-order valence-corrected chi connectivity index (χ4v) is 1.91. The predicted molar refractivity (Wildman–Crippen MR) is 50.9 cm³/mol. The Labute approximate surface area is 74.2 Å². The molecule has 0 aromatic heterocycles. The molecule has 0 amide bonds. The summed E-state index contributed by atoms with van der Waals surface area (Å²) in [5.41, 5.74) is 0.924. The smallest absolute Gasteiger partial charge is 0.130 e. The van der Waals surface area contributed by atoms with Crippen LogP contribution >= 0.6 is 0 Å². The molecule has 1 heteroatoms. The molecule has 12 heavy (non-hydrogen) atoms. The number of carbonyl (C=O) groups excluding carboxylic acids is 1. The lowest BCUT2D eigenvalue weighted by Crippen LogP contribution is -2.19. The van der Waals surface area contributed by atoms with Gasteiger partial charge in [0.15, 0.2) is 0 Å². The van der Waals surface area contributed by atoms with Gasteiger partial charge in [0.2, 0.25) is 0 Å². The third kappa shape index (κ3) is 1.50. The molecule has 0 aromatic carbocycles. The van der Waals surface area contributed by atoms with Gasteiger partial charge >= 0.3 is 0 Å². The van der Waals surface area contributed by atoms with Gasteiger partial charge in [0.05, 0.1) is 0 Å². The molecule has 66 valence electrons. The maximum Gasteiger partial charge on any atom is 0.130 e. The highest BCUT2D eigenvalue weighted by Gasteiger charge is 2.35. The summed E-state index contributed by atoms with van der Waals surface area (Å²) in [5.74, 6) is 0. The Kier molecular flexibility index (Phi) is 2.85. The summed E-state index contributed by atoms with van der Waals surface area (Å²) in [6.45, 7) is 7.63. The van der Waals surface area contributed by atoms with Gasteiger partial charge in [-0.3, -0.25) is 0 Å². The SMILES string of the molecule is C=CCC[C@]1(C=O)CCCC1=C. The van der Waals surface area contributed by atoms with Gasteiger partial charge in [-0.1, -0.05) is 18.2 Å². The molecule has 1 aliphatic rings. The van der Waals surface area contributed by atoms with Gasteiger partial charge < -0.3 is 4.79 Å². The Morgan fingerprint density at radius 2 is 2.33 bits per heavy atom. The summed E-state index contributed by atoms with van der Waals surface area (Å²) < 4.78 is 0. The van der Waals surface area contributed by atoms with E-state index in [1.165, 1.54) is 0 Å². The number of aldehydes is 1. The van der Waals surface area contributed by atoms with Crippen LogP contribution in [0, 0.1) is 5.41 Å². The number of hydrogen-bond acceptors (Lipinski definition) is 1. The molecule has 1 fully saturated rings. The second-order valence-corrected chi connectivity index (χ2v) is 3.56. The topological polar surface area (TPSA) is 17.1 Å². The van der Waals surface area contributed by atoms with Crippen molar-refractivity contribution in [2.45, 2.75) is 32.1 Å². The molecule has 0 spiro atoms. The van der Waals surface area contributed by atoms with Crippen LogP contribution in [0.15, 0.2) is 24.8 Å². The van der Waals surface area contributed by atoms with E-state index in [4.69, 9.17) is 0 Å². The van der Waals surface area contributed by atoms with Crippen molar-refractivity contribution in [2.75, 3.05) is 0 Å². The van der Waals surface area contributed by atoms with Crippen LogP contribution in [0.2, 0.25) is 0 Å². The zero-order chi connectivity index (χ0) is 9.03. The molecule has 0 N–H and O–H groups in total. The average molecular weight is 164 g/mol. The molecule has 1 nitrogen and oxygen atoms in total. The monoisotopic (exact) mass is 164 g/mol. The molecule has 0 bridgehead atoms. The average Bonchev–Trinajstić information content (AvgIpc) is 2.45. The van der Waals surface area contributed by atoms with E-state index in [0.717, 1.165) is 44.0 Å². The normalized spacial score (nSPS) is 28.8. The first-order valence-electron chi connectivity index (χ1n) is 4.51. The molecule has 1 saturated carbocycles. The summed E-state index contributed by atoms with van der Waals surface area (Å²) in [4.78, 5) is 11.0. The van der Waals surface area contributed by atoms with Crippen molar-refractivity contribution in [1.82, 2.24) is 0 Å². The first kappa shape index (κ1) is 9.24. The van der Waals surface area contributed by atoms with Crippen molar-refractivity contribution in [3.63, 3.8) is 0 Å². The molecule has 0 heterocycles. The highest BCUT2D eigenvalue weighted by atomic mass is 16.1.